The van der Waals surface area contributed by atoms with Crippen molar-refractivity contribution < 1.29 is 4.74 Å². The minimum atomic E-state index is 0.194. The molecule has 0 saturated carbocycles. The van der Waals surface area contributed by atoms with Gasteiger partial charge in [0.15, 0.2) is 0 Å². The first-order chi connectivity index (χ1) is 12.7. The van der Waals surface area contributed by atoms with Gasteiger partial charge in [0.2, 0.25) is 5.13 Å². The molecule has 0 radical (unpaired) electrons. The van der Waals surface area contributed by atoms with Crippen LogP contribution in [0.15, 0.2) is 59.1 Å². The number of hydrogen-bond acceptors (Lipinski definition) is 6. The lowest BCUT2D eigenvalue weighted by Gasteiger charge is -2.22. The monoisotopic (exact) mass is 364 g/mol. The smallest absolute Gasteiger partial charge is 0.206 e. The van der Waals surface area contributed by atoms with E-state index < -0.39 is 0 Å². The average Bonchev–Trinajstić information content (AvgIpc) is 3.14. The quantitative estimate of drug-likeness (QED) is 0.715. The number of ether oxygens (including phenoxy) is 1. The maximum atomic E-state index is 5.88. The molecule has 0 bridgehead atoms. The number of hydrazone groups is 1. The Hall–Kier alpha value is -2.86. The normalized spacial score (nSPS) is 16.6. The highest BCUT2D eigenvalue weighted by atomic mass is 32.1. The van der Waals surface area contributed by atoms with Crippen molar-refractivity contribution in [3.05, 3.63) is 70.7 Å². The van der Waals surface area contributed by atoms with Crippen LogP contribution in [0.1, 0.15) is 23.6 Å². The van der Waals surface area contributed by atoms with Gasteiger partial charge in [-0.1, -0.05) is 18.2 Å². The summed E-state index contributed by atoms with van der Waals surface area (Å²) in [4.78, 5) is 4.46. The first kappa shape index (κ1) is 16.6. The fourth-order valence-corrected chi connectivity index (χ4v) is 3.85. The van der Waals surface area contributed by atoms with E-state index >= 15 is 0 Å². The molecule has 5 nitrogen and oxygen atoms in total. The predicted molar refractivity (Wildman–Crippen MR) is 107 cm³/mol. The SMILES string of the molecule is COc1ccc2c(c1)C(c1ccc(N)cc1)=NN(c1nccs1)C(C)C2. The van der Waals surface area contributed by atoms with Gasteiger partial charge in [-0.05, 0) is 43.2 Å². The lowest BCUT2D eigenvalue weighted by atomic mass is 9.94. The van der Waals surface area contributed by atoms with Crippen LogP contribution in [-0.4, -0.2) is 23.8 Å². The molecule has 1 atom stereocenters. The van der Waals surface area contributed by atoms with Gasteiger partial charge in [-0.3, -0.25) is 0 Å². The van der Waals surface area contributed by atoms with Crippen LogP contribution in [0.4, 0.5) is 10.8 Å². The standard InChI is InChI=1S/C20H20N4OS/c1-13-11-15-5-8-17(25-2)12-18(15)19(14-3-6-16(21)7-4-14)23-24(13)20-22-9-10-26-20/h3-10,12-13H,11,21H2,1-2H3. The summed E-state index contributed by atoms with van der Waals surface area (Å²) in [5.74, 6) is 0.822. The first-order valence-corrected chi connectivity index (χ1v) is 9.34. The number of fused-ring (bicyclic) bond motifs is 1. The number of nitrogen functional groups attached to an aromatic ring is 1. The van der Waals surface area contributed by atoms with Gasteiger partial charge in [-0.25, -0.2) is 9.99 Å². The minimum absolute atomic E-state index is 0.194. The summed E-state index contributed by atoms with van der Waals surface area (Å²) < 4.78 is 5.45. The van der Waals surface area contributed by atoms with Crippen molar-refractivity contribution in [2.24, 2.45) is 5.10 Å². The van der Waals surface area contributed by atoms with Crippen molar-refractivity contribution in [3.63, 3.8) is 0 Å². The first-order valence-electron chi connectivity index (χ1n) is 8.46. The van der Waals surface area contributed by atoms with Crippen LogP contribution in [0.2, 0.25) is 0 Å². The lowest BCUT2D eigenvalue weighted by molar-refractivity contribution is 0.414. The fourth-order valence-electron chi connectivity index (χ4n) is 3.16. The molecule has 6 heteroatoms. The molecule has 132 valence electrons. The largest absolute Gasteiger partial charge is 0.497 e. The van der Waals surface area contributed by atoms with E-state index in [0.29, 0.717) is 0 Å². The fraction of sp³-hybridized carbons (Fsp3) is 0.200. The van der Waals surface area contributed by atoms with Crippen molar-refractivity contribution in [2.75, 3.05) is 17.9 Å². The van der Waals surface area contributed by atoms with Gasteiger partial charge < -0.3 is 10.5 Å². The van der Waals surface area contributed by atoms with E-state index in [1.54, 1.807) is 18.4 Å². The number of nitrogens with zero attached hydrogens (tertiary/aromatic N) is 3. The molecule has 1 aromatic heterocycles. The third-order valence-corrected chi connectivity index (χ3v) is 5.27. The average molecular weight is 364 g/mol. The highest BCUT2D eigenvalue weighted by Gasteiger charge is 2.25. The number of methoxy groups -OCH3 is 1. The molecule has 4 rings (SSSR count). The van der Waals surface area contributed by atoms with Gasteiger partial charge in [0.1, 0.15) is 5.75 Å². The lowest BCUT2D eigenvalue weighted by Crippen LogP contribution is -2.29. The number of benzene rings is 2. The van der Waals surface area contributed by atoms with Gasteiger partial charge in [-0.15, -0.1) is 11.3 Å². The van der Waals surface area contributed by atoms with Crippen LogP contribution < -0.4 is 15.5 Å². The molecule has 26 heavy (non-hydrogen) atoms. The number of rotatable bonds is 3. The van der Waals surface area contributed by atoms with Crippen LogP contribution in [0, 0.1) is 0 Å². The molecule has 1 unspecified atom stereocenters. The summed E-state index contributed by atoms with van der Waals surface area (Å²) in [6.07, 6.45) is 2.69. The van der Waals surface area contributed by atoms with Gasteiger partial charge >= 0.3 is 0 Å². The zero-order valence-electron chi connectivity index (χ0n) is 14.7. The molecule has 2 N–H and O–H groups in total. The van der Waals surface area contributed by atoms with Crippen molar-refractivity contribution >= 4 is 27.9 Å². The van der Waals surface area contributed by atoms with E-state index in [4.69, 9.17) is 15.6 Å². The zero-order chi connectivity index (χ0) is 18.1. The van der Waals surface area contributed by atoms with Crippen molar-refractivity contribution in [3.8, 4) is 5.75 Å². The van der Waals surface area contributed by atoms with Crippen LogP contribution in [-0.2, 0) is 6.42 Å². The van der Waals surface area contributed by atoms with Crippen molar-refractivity contribution in [1.82, 2.24) is 4.98 Å². The Morgan fingerprint density at radius 3 is 2.69 bits per heavy atom. The second kappa shape index (κ2) is 6.80. The molecular weight excluding hydrogens is 344 g/mol. The predicted octanol–water partition coefficient (Wildman–Crippen LogP) is 3.94. The summed E-state index contributed by atoms with van der Waals surface area (Å²) in [6.45, 7) is 2.17. The molecule has 1 aliphatic rings. The third-order valence-electron chi connectivity index (χ3n) is 4.51. The molecule has 0 aliphatic carbocycles. The van der Waals surface area contributed by atoms with Crippen molar-refractivity contribution in [1.29, 1.82) is 0 Å². The summed E-state index contributed by atoms with van der Waals surface area (Å²) in [5, 5.41) is 9.90. The van der Waals surface area contributed by atoms with Crippen molar-refractivity contribution in [2.45, 2.75) is 19.4 Å². The molecular formula is C20H20N4OS. The van der Waals surface area contributed by atoms with E-state index in [1.807, 2.05) is 46.9 Å². The number of nitrogens with two attached hydrogens (primary N) is 1. The third kappa shape index (κ3) is 3.04. The molecule has 2 heterocycles. The van der Waals surface area contributed by atoms with E-state index in [9.17, 15) is 0 Å². The van der Waals surface area contributed by atoms with E-state index in [0.717, 1.165) is 39.8 Å². The van der Waals surface area contributed by atoms with Crippen LogP contribution >= 0.6 is 11.3 Å². The second-order valence-electron chi connectivity index (χ2n) is 6.31. The highest BCUT2D eigenvalue weighted by molar-refractivity contribution is 7.13. The number of hydrogen-bond donors (Lipinski definition) is 1. The molecule has 0 fully saturated rings. The van der Waals surface area contributed by atoms with Crippen LogP contribution in [0.3, 0.4) is 0 Å². The van der Waals surface area contributed by atoms with Gasteiger partial charge in [0.25, 0.3) is 0 Å². The maximum Gasteiger partial charge on any atom is 0.206 e. The summed E-state index contributed by atoms with van der Waals surface area (Å²) >= 11 is 1.59. The molecule has 0 saturated heterocycles. The topological polar surface area (TPSA) is 63.7 Å². The summed E-state index contributed by atoms with van der Waals surface area (Å²) in [6, 6.07) is 14.2. The Morgan fingerprint density at radius 2 is 2.00 bits per heavy atom. The Balaban J connectivity index is 1.91. The molecule has 0 spiro atoms. The van der Waals surface area contributed by atoms with Gasteiger partial charge in [0, 0.05) is 28.4 Å². The van der Waals surface area contributed by atoms with Gasteiger partial charge in [-0.2, -0.15) is 5.10 Å². The van der Waals surface area contributed by atoms with Crippen LogP contribution in [0.25, 0.3) is 0 Å². The Morgan fingerprint density at radius 1 is 1.19 bits per heavy atom. The second-order valence-corrected chi connectivity index (χ2v) is 7.18. The highest BCUT2D eigenvalue weighted by Crippen LogP contribution is 2.30. The Labute approximate surface area is 156 Å². The van der Waals surface area contributed by atoms with Gasteiger partial charge in [0.05, 0.1) is 18.9 Å². The maximum absolute atomic E-state index is 5.88. The number of thiazole rings is 1. The molecule has 2 aromatic carbocycles. The Bertz CT molecular complexity index is 935. The molecule has 1 aliphatic heterocycles. The molecule has 0 amide bonds. The van der Waals surface area contributed by atoms with Crippen LogP contribution in [0.5, 0.6) is 5.75 Å². The Kier molecular flexibility index (Phi) is 4.34. The van der Waals surface area contributed by atoms with E-state index in [1.165, 1.54) is 5.56 Å². The summed E-state index contributed by atoms with van der Waals surface area (Å²) in [5.41, 5.74) is 10.9. The molecule has 3 aromatic rings. The zero-order valence-corrected chi connectivity index (χ0v) is 15.5. The number of aromatic nitrogens is 1. The van der Waals surface area contributed by atoms with E-state index in [2.05, 4.69) is 24.0 Å². The minimum Gasteiger partial charge on any atom is -0.497 e. The summed E-state index contributed by atoms with van der Waals surface area (Å²) in [7, 11) is 1.68. The van der Waals surface area contributed by atoms with E-state index in [-0.39, 0.29) is 6.04 Å². The number of anilines is 2.